The minimum atomic E-state index is -0.465. The van der Waals surface area contributed by atoms with E-state index in [0.717, 1.165) is 0 Å². The van der Waals surface area contributed by atoms with E-state index >= 15 is 0 Å². The fourth-order valence-corrected chi connectivity index (χ4v) is 2.99. The SMILES string of the molecule is COCC1CN(C(=O)c2cccn3c(=O)[nH]nc23)CC(C)(C)O1. The molecule has 1 amide bonds. The Kier molecular flexibility index (Phi) is 3.95. The van der Waals surface area contributed by atoms with Gasteiger partial charge in [0.05, 0.1) is 23.9 Å². The summed E-state index contributed by atoms with van der Waals surface area (Å²) in [7, 11) is 1.61. The third-order valence-electron chi connectivity index (χ3n) is 3.79. The minimum absolute atomic E-state index is 0.174. The molecule has 124 valence electrons. The average molecular weight is 320 g/mol. The lowest BCUT2D eigenvalue weighted by molar-refractivity contribution is -0.143. The summed E-state index contributed by atoms with van der Waals surface area (Å²) < 4.78 is 12.4. The van der Waals surface area contributed by atoms with Crippen LogP contribution in [0.1, 0.15) is 24.2 Å². The molecule has 0 aromatic carbocycles. The molecule has 0 radical (unpaired) electrons. The predicted molar refractivity (Wildman–Crippen MR) is 82.5 cm³/mol. The van der Waals surface area contributed by atoms with Crippen molar-refractivity contribution in [1.29, 1.82) is 0 Å². The molecule has 1 unspecified atom stereocenters. The van der Waals surface area contributed by atoms with Crippen LogP contribution in [-0.4, -0.2) is 63.9 Å². The van der Waals surface area contributed by atoms with E-state index in [1.165, 1.54) is 4.40 Å². The Morgan fingerprint density at radius 2 is 2.35 bits per heavy atom. The number of rotatable bonds is 3. The number of nitrogens with zero attached hydrogens (tertiary/aromatic N) is 3. The number of methoxy groups -OCH3 is 1. The molecule has 1 aliphatic rings. The third-order valence-corrected chi connectivity index (χ3v) is 3.79. The predicted octanol–water partition coefficient (Wildman–Crippen LogP) is 0.289. The normalized spacial score (nSPS) is 20.8. The number of hydrogen-bond acceptors (Lipinski definition) is 5. The quantitative estimate of drug-likeness (QED) is 0.878. The van der Waals surface area contributed by atoms with Crippen LogP contribution in [-0.2, 0) is 9.47 Å². The molecule has 0 aliphatic carbocycles. The molecule has 1 fully saturated rings. The van der Waals surface area contributed by atoms with Crippen molar-refractivity contribution < 1.29 is 14.3 Å². The van der Waals surface area contributed by atoms with Gasteiger partial charge in [0.15, 0.2) is 5.65 Å². The molecule has 1 aliphatic heterocycles. The summed E-state index contributed by atoms with van der Waals surface area (Å²) in [5.41, 5.74) is -0.114. The number of amides is 1. The van der Waals surface area contributed by atoms with Crippen molar-refractivity contribution in [2.45, 2.75) is 25.6 Å². The van der Waals surface area contributed by atoms with Crippen LogP contribution in [0.15, 0.2) is 23.1 Å². The Balaban J connectivity index is 1.93. The van der Waals surface area contributed by atoms with Gasteiger partial charge in [0.25, 0.3) is 5.91 Å². The van der Waals surface area contributed by atoms with E-state index < -0.39 is 5.60 Å². The molecule has 0 saturated carbocycles. The zero-order valence-corrected chi connectivity index (χ0v) is 13.4. The first-order chi connectivity index (χ1) is 10.9. The second kappa shape index (κ2) is 5.78. The molecule has 2 aromatic rings. The standard InChI is InChI=1S/C15H20N4O4/c1-15(2)9-18(7-10(23-15)8-22-3)13(20)11-5-4-6-19-12(11)16-17-14(19)21/h4-6,10H,7-9H2,1-3H3,(H,17,21). The van der Waals surface area contributed by atoms with Gasteiger partial charge in [-0.05, 0) is 26.0 Å². The summed E-state index contributed by atoms with van der Waals surface area (Å²) in [5.74, 6) is -0.174. The average Bonchev–Trinajstić information content (AvgIpc) is 2.87. The van der Waals surface area contributed by atoms with Gasteiger partial charge >= 0.3 is 5.69 Å². The number of carbonyl (C=O) groups excluding carboxylic acids is 1. The maximum Gasteiger partial charge on any atom is 0.347 e. The molecule has 3 heterocycles. The number of hydrogen-bond donors (Lipinski definition) is 1. The van der Waals surface area contributed by atoms with E-state index in [9.17, 15) is 9.59 Å². The highest BCUT2D eigenvalue weighted by molar-refractivity contribution is 5.99. The molecule has 23 heavy (non-hydrogen) atoms. The molecule has 0 bridgehead atoms. The van der Waals surface area contributed by atoms with Gasteiger partial charge in [0.1, 0.15) is 0 Å². The third kappa shape index (κ3) is 2.99. The van der Waals surface area contributed by atoms with Gasteiger partial charge < -0.3 is 14.4 Å². The highest BCUT2D eigenvalue weighted by Gasteiger charge is 2.36. The maximum absolute atomic E-state index is 12.9. The van der Waals surface area contributed by atoms with Crippen molar-refractivity contribution in [3.8, 4) is 0 Å². The highest BCUT2D eigenvalue weighted by atomic mass is 16.5. The van der Waals surface area contributed by atoms with E-state index in [1.807, 2.05) is 13.8 Å². The van der Waals surface area contributed by atoms with Crippen LogP contribution in [0.4, 0.5) is 0 Å². The number of aromatic amines is 1. The Labute approximate surface area is 133 Å². The Hall–Kier alpha value is -2.19. The number of morpholine rings is 1. The molecule has 8 heteroatoms. The molecule has 8 nitrogen and oxygen atoms in total. The van der Waals surface area contributed by atoms with E-state index in [-0.39, 0.29) is 17.7 Å². The van der Waals surface area contributed by atoms with E-state index in [1.54, 1.807) is 30.3 Å². The number of nitrogens with one attached hydrogen (secondary N) is 1. The van der Waals surface area contributed by atoms with Gasteiger partial charge in [-0.25, -0.2) is 14.3 Å². The van der Waals surface area contributed by atoms with Gasteiger partial charge in [-0.2, -0.15) is 5.10 Å². The van der Waals surface area contributed by atoms with E-state index in [0.29, 0.717) is 30.9 Å². The van der Waals surface area contributed by atoms with E-state index in [2.05, 4.69) is 10.2 Å². The van der Waals surface area contributed by atoms with Gasteiger partial charge in [-0.3, -0.25) is 4.79 Å². The van der Waals surface area contributed by atoms with Crippen molar-refractivity contribution in [2.24, 2.45) is 0 Å². The minimum Gasteiger partial charge on any atom is -0.382 e. The van der Waals surface area contributed by atoms with Crippen LogP contribution >= 0.6 is 0 Å². The maximum atomic E-state index is 12.9. The summed E-state index contributed by atoms with van der Waals surface area (Å²) in [4.78, 5) is 26.3. The molecule has 1 saturated heterocycles. The zero-order chi connectivity index (χ0) is 16.6. The zero-order valence-electron chi connectivity index (χ0n) is 13.4. The molecule has 3 rings (SSSR count). The molecular formula is C15H20N4O4. The summed E-state index contributed by atoms with van der Waals surface area (Å²) in [6, 6.07) is 3.33. The van der Waals surface area contributed by atoms with E-state index in [4.69, 9.17) is 9.47 Å². The number of carbonyl (C=O) groups is 1. The monoisotopic (exact) mass is 320 g/mol. The van der Waals surface area contributed by atoms with Crippen molar-refractivity contribution >= 4 is 11.6 Å². The molecule has 1 atom stereocenters. The number of ether oxygens (including phenoxy) is 2. The largest absolute Gasteiger partial charge is 0.382 e. The fourth-order valence-electron chi connectivity index (χ4n) is 2.99. The topological polar surface area (TPSA) is 88.9 Å². The second-order valence-corrected chi connectivity index (χ2v) is 6.28. The van der Waals surface area contributed by atoms with Crippen molar-refractivity contribution in [3.05, 3.63) is 34.4 Å². The first-order valence-corrected chi connectivity index (χ1v) is 7.43. The second-order valence-electron chi connectivity index (χ2n) is 6.28. The van der Waals surface area contributed by atoms with Gasteiger partial charge in [-0.15, -0.1) is 0 Å². The van der Waals surface area contributed by atoms with Crippen LogP contribution in [0.25, 0.3) is 5.65 Å². The summed E-state index contributed by atoms with van der Waals surface area (Å²) in [5, 5.41) is 6.31. The molecule has 2 aromatic heterocycles. The summed E-state index contributed by atoms with van der Waals surface area (Å²) in [6.07, 6.45) is 1.39. The van der Waals surface area contributed by atoms with Crippen LogP contribution in [0.2, 0.25) is 0 Å². The number of fused-ring (bicyclic) bond motifs is 1. The van der Waals surface area contributed by atoms with Crippen LogP contribution in [0.5, 0.6) is 0 Å². The first kappa shape index (κ1) is 15.7. The van der Waals surface area contributed by atoms with Gasteiger partial charge in [0, 0.05) is 26.4 Å². The van der Waals surface area contributed by atoms with Gasteiger partial charge in [0.2, 0.25) is 0 Å². The fraction of sp³-hybridized carbons (Fsp3) is 0.533. The Bertz CT molecular complexity index is 779. The summed E-state index contributed by atoms with van der Waals surface area (Å²) in [6.45, 7) is 5.19. The lowest BCUT2D eigenvalue weighted by Gasteiger charge is -2.42. The van der Waals surface area contributed by atoms with Crippen LogP contribution in [0.3, 0.4) is 0 Å². The lowest BCUT2D eigenvalue weighted by Crippen LogP contribution is -2.55. The van der Waals surface area contributed by atoms with Crippen LogP contribution < -0.4 is 5.69 Å². The lowest BCUT2D eigenvalue weighted by atomic mass is 10.0. The summed E-state index contributed by atoms with van der Waals surface area (Å²) >= 11 is 0. The smallest absolute Gasteiger partial charge is 0.347 e. The van der Waals surface area contributed by atoms with Crippen molar-refractivity contribution in [3.63, 3.8) is 0 Å². The highest BCUT2D eigenvalue weighted by Crippen LogP contribution is 2.23. The molecule has 1 N–H and O–H groups in total. The molecule has 0 spiro atoms. The van der Waals surface area contributed by atoms with Crippen molar-refractivity contribution in [2.75, 3.05) is 26.8 Å². The van der Waals surface area contributed by atoms with Crippen molar-refractivity contribution in [1.82, 2.24) is 19.5 Å². The molecular weight excluding hydrogens is 300 g/mol. The Morgan fingerprint density at radius 3 is 3.09 bits per heavy atom. The first-order valence-electron chi connectivity index (χ1n) is 7.43. The van der Waals surface area contributed by atoms with Gasteiger partial charge in [-0.1, -0.05) is 0 Å². The number of aromatic nitrogens is 3. The number of pyridine rings is 1. The number of H-pyrrole nitrogens is 1. The van der Waals surface area contributed by atoms with Crippen LogP contribution in [0, 0.1) is 0 Å². The Morgan fingerprint density at radius 1 is 1.57 bits per heavy atom.